The molecule has 2 unspecified atom stereocenters. The first-order chi connectivity index (χ1) is 24.7. The van der Waals surface area contributed by atoms with Gasteiger partial charge >= 0.3 is 0 Å². The molecule has 4 aromatic rings. The quantitative estimate of drug-likeness (QED) is 0.176. The van der Waals surface area contributed by atoms with Gasteiger partial charge in [0.05, 0.1) is 39.6 Å². The van der Waals surface area contributed by atoms with Crippen molar-refractivity contribution in [2.75, 3.05) is 79.0 Å². The van der Waals surface area contributed by atoms with Crippen molar-refractivity contribution in [2.45, 2.75) is 38.1 Å². The van der Waals surface area contributed by atoms with E-state index in [0.717, 1.165) is 24.6 Å². The van der Waals surface area contributed by atoms with Gasteiger partial charge in [0.15, 0.2) is 0 Å². The van der Waals surface area contributed by atoms with E-state index in [1.54, 1.807) is 0 Å². The summed E-state index contributed by atoms with van der Waals surface area (Å²) in [5.74, 6) is 1.66. The topological polar surface area (TPSA) is 61.9 Å². The second-order valence-electron chi connectivity index (χ2n) is 12.6. The van der Waals surface area contributed by atoms with E-state index < -0.39 is 0 Å². The van der Waals surface area contributed by atoms with Gasteiger partial charge in [-0.15, -0.1) is 0 Å². The van der Waals surface area contributed by atoms with Crippen molar-refractivity contribution >= 4 is 0 Å². The van der Waals surface area contributed by atoms with Crippen LogP contribution < -0.4 is 9.47 Å². The molecule has 0 spiro atoms. The average molecular weight is 683 g/mol. The van der Waals surface area contributed by atoms with Crippen LogP contribution in [-0.2, 0) is 18.9 Å². The van der Waals surface area contributed by atoms with Gasteiger partial charge in [-0.25, -0.2) is 0 Å². The minimum absolute atomic E-state index is 0.153. The Kier molecular flexibility index (Phi) is 16.1. The van der Waals surface area contributed by atoms with Crippen LogP contribution in [0.25, 0.3) is 0 Å². The fourth-order valence-electron chi connectivity index (χ4n) is 6.14. The summed E-state index contributed by atoms with van der Waals surface area (Å²) < 4.78 is 37.2. The fourth-order valence-corrected chi connectivity index (χ4v) is 6.14. The second-order valence-corrected chi connectivity index (χ2v) is 12.6. The normalized spacial score (nSPS) is 20.9. The van der Waals surface area contributed by atoms with E-state index in [1.807, 2.05) is 60.7 Å². The van der Waals surface area contributed by atoms with Gasteiger partial charge in [-0.3, -0.25) is 9.80 Å². The largest absolute Gasteiger partial charge is 0.491 e. The predicted molar refractivity (Wildman–Crippen MR) is 198 cm³/mol. The Morgan fingerprint density at radius 2 is 0.840 bits per heavy atom. The number of nitrogens with zero attached hydrogens (tertiary/aromatic N) is 2. The Bertz CT molecular complexity index is 1320. The van der Waals surface area contributed by atoms with Crippen LogP contribution in [0.1, 0.15) is 37.1 Å². The highest BCUT2D eigenvalue weighted by molar-refractivity contribution is 5.22. The predicted octanol–water partition coefficient (Wildman–Crippen LogP) is 7.09. The lowest BCUT2D eigenvalue weighted by Crippen LogP contribution is -2.46. The summed E-state index contributed by atoms with van der Waals surface area (Å²) in [5, 5.41) is 0. The molecule has 50 heavy (non-hydrogen) atoms. The summed E-state index contributed by atoms with van der Waals surface area (Å²) in [6, 6.07) is 41.6. The Morgan fingerprint density at radius 3 is 1.22 bits per heavy atom. The van der Waals surface area contributed by atoms with Crippen molar-refractivity contribution < 1.29 is 28.4 Å². The molecule has 1 fully saturated rings. The fraction of sp³-hybridized carbons (Fsp3) is 0.429. The van der Waals surface area contributed by atoms with Crippen LogP contribution in [0, 0.1) is 0 Å². The summed E-state index contributed by atoms with van der Waals surface area (Å²) in [7, 11) is 0. The molecule has 4 atom stereocenters. The van der Waals surface area contributed by atoms with Crippen LogP contribution in [0.2, 0.25) is 0 Å². The van der Waals surface area contributed by atoms with Gasteiger partial charge in [0, 0.05) is 38.3 Å². The first kappa shape index (κ1) is 37.5. The molecule has 4 aromatic carbocycles. The highest BCUT2D eigenvalue weighted by atomic mass is 16.6. The van der Waals surface area contributed by atoms with Gasteiger partial charge < -0.3 is 28.4 Å². The maximum Gasteiger partial charge on any atom is 0.119 e. The molecule has 0 aliphatic carbocycles. The van der Waals surface area contributed by atoms with Gasteiger partial charge in [0.25, 0.3) is 0 Å². The third-order valence-electron chi connectivity index (χ3n) is 9.10. The molecule has 8 nitrogen and oxygen atoms in total. The van der Waals surface area contributed by atoms with Gasteiger partial charge in [0.1, 0.15) is 36.9 Å². The van der Waals surface area contributed by atoms with Crippen molar-refractivity contribution in [1.29, 1.82) is 0 Å². The standard InChI is InChI=1S/C42H54N2O6/c1-35(37-15-7-3-8-16-37)43-23-24-44(36(2)38-17-9-4-10-18-38)32-42(34-50-40-21-13-6-14-22-40)48-30-28-46-26-25-45-27-29-47-41(31-43)33-49-39-19-11-5-12-20-39/h3-22,35-36,41-42H,23-34H2,1-2H3/t35?,36?,41-,42-/m0/s1. The lowest BCUT2D eigenvalue weighted by atomic mass is 10.0. The van der Waals surface area contributed by atoms with E-state index in [1.165, 1.54) is 11.1 Å². The molecular formula is C42H54N2O6. The van der Waals surface area contributed by atoms with Crippen molar-refractivity contribution in [2.24, 2.45) is 0 Å². The van der Waals surface area contributed by atoms with E-state index in [0.29, 0.717) is 65.9 Å². The SMILES string of the molecule is CC(c1ccccc1)N1CCN(C(C)c2ccccc2)C[C@@H](COc2ccccc2)OCCOCCOCCO[C@H](COc2ccccc2)C1. The first-order valence-corrected chi connectivity index (χ1v) is 18.0. The average Bonchev–Trinajstić information content (AvgIpc) is 3.17. The molecule has 5 rings (SSSR count). The monoisotopic (exact) mass is 682 g/mol. The third-order valence-corrected chi connectivity index (χ3v) is 9.10. The summed E-state index contributed by atoms with van der Waals surface area (Å²) in [6.07, 6.45) is -0.342. The lowest BCUT2D eigenvalue weighted by Gasteiger charge is -2.37. The Balaban J connectivity index is 1.39. The molecule has 0 radical (unpaired) electrons. The molecule has 0 amide bonds. The van der Waals surface area contributed by atoms with Crippen LogP contribution in [0.4, 0.5) is 0 Å². The minimum Gasteiger partial charge on any atom is -0.491 e. The highest BCUT2D eigenvalue weighted by Crippen LogP contribution is 2.25. The van der Waals surface area contributed by atoms with Crippen molar-refractivity contribution in [3.63, 3.8) is 0 Å². The molecule has 8 heteroatoms. The molecule has 1 heterocycles. The number of para-hydroxylation sites is 2. The Morgan fingerprint density at radius 1 is 0.500 bits per heavy atom. The zero-order chi connectivity index (χ0) is 34.6. The zero-order valence-electron chi connectivity index (χ0n) is 29.7. The number of rotatable bonds is 10. The molecule has 0 aromatic heterocycles. The highest BCUT2D eigenvalue weighted by Gasteiger charge is 2.26. The Hall–Kier alpha value is -3.76. The van der Waals surface area contributed by atoms with E-state index in [2.05, 4.69) is 84.3 Å². The number of ether oxygens (including phenoxy) is 6. The maximum atomic E-state index is 6.48. The Labute approximate surface area is 298 Å². The zero-order valence-corrected chi connectivity index (χ0v) is 29.7. The van der Waals surface area contributed by atoms with Gasteiger partial charge in [-0.1, -0.05) is 97.1 Å². The summed E-state index contributed by atoms with van der Waals surface area (Å²) in [6.45, 7) is 11.3. The first-order valence-electron chi connectivity index (χ1n) is 18.0. The molecular weight excluding hydrogens is 628 g/mol. The molecule has 0 bridgehead atoms. The van der Waals surface area contributed by atoms with Crippen LogP contribution >= 0.6 is 0 Å². The smallest absolute Gasteiger partial charge is 0.119 e. The van der Waals surface area contributed by atoms with E-state index >= 15 is 0 Å². The van der Waals surface area contributed by atoms with Crippen LogP contribution in [-0.4, -0.2) is 101 Å². The van der Waals surface area contributed by atoms with E-state index in [-0.39, 0.29) is 24.3 Å². The maximum absolute atomic E-state index is 6.48. The molecule has 0 N–H and O–H groups in total. The molecule has 1 saturated heterocycles. The summed E-state index contributed by atoms with van der Waals surface area (Å²) in [4.78, 5) is 5.04. The van der Waals surface area contributed by atoms with Crippen molar-refractivity contribution in [1.82, 2.24) is 9.80 Å². The lowest BCUT2D eigenvalue weighted by molar-refractivity contribution is -0.0584. The molecule has 268 valence electrons. The van der Waals surface area contributed by atoms with Crippen molar-refractivity contribution in [3.8, 4) is 11.5 Å². The van der Waals surface area contributed by atoms with Gasteiger partial charge in [-0.2, -0.15) is 0 Å². The van der Waals surface area contributed by atoms with E-state index in [9.17, 15) is 0 Å². The molecule has 0 saturated carbocycles. The van der Waals surface area contributed by atoms with Crippen molar-refractivity contribution in [3.05, 3.63) is 132 Å². The van der Waals surface area contributed by atoms with E-state index in [4.69, 9.17) is 28.4 Å². The van der Waals surface area contributed by atoms with Gasteiger partial charge in [0.2, 0.25) is 0 Å². The summed E-state index contributed by atoms with van der Waals surface area (Å²) >= 11 is 0. The third kappa shape index (κ3) is 12.8. The summed E-state index contributed by atoms with van der Waals surface area (Å²) in [5.41, 5.74) is 2.53. The minimum atomic E-state index is -0.171. The van der Waals surface area contributed by atoms with Crippen LogP contribution in [0.15, 0.2) is 121 Å². The number of hydrogen-bond donors (Lipinski definition) is 0. The molecule has 1 aliphatic heterocycles. The van der Waals surface area contributed by atoms with Crippen LogP contribution in [0.5, 0.6) is 11.5 Å². The van der Waals surface area contributed by atoms with Crippen LogP contribution in [0.3, 0.4) is 0 Å². The number of hydrogen-bond acceptors (Lipinski definition) is 8. The second kappa shape index (κ2) is 21.5. The molecule has 1 aliphatic rings. The number of benzene rings is 4. The van der Waals surface area contributed by atoms with Gasteiger partial charge in [-0.05, 0) is 49.2 Å².